The quantitative estimate of drug-likeness (QED) is 0.298. The number of thiophene rings is 1. The number of amides is 2. The molecule has 0 radical (unpaired) electrons. The molecule has 35 heavy (non-hydrogen) atoms. The Morgan fingerprint density at radius 2 is 1.91 bits per heavy atom. The minimum Gasteiger partial charge on any atom is -0.497 e. The van der Waals surface area contributed by atoms with Gasteiger partial charge in [0, 0.05) is 10.6 Å². The van der Waals surface area contributed by atoms with E-state index in [1.807, 2.05) is 41.1 Å². The van der Waals surface area contributed by atoms with Gasteiger partial charge in [0.25, 0.3) is 5.91 Å². The summed E-state index contributed by atoms with van der Waals surface area (Å²) < 4.78 is 6.96. The van der Waals surface area contributed by atoms with Gasteiger partial charge in [-0.1, -0.05) is 29.4 Å². The molecule has 2 amide bonds. The molecular weight excluding hydrogens is 506 g/mol. The third kappa shape index (κ3) is 6.02. The maximum atomic E-state index is 12.7. The number of benzene rings is 2. The van der Waals surface area contributed by atoms with Gasteiger partial charge in [0.15, 0.2) is 11.0 Å². The van der Waals surface area contributed by atoms with Gasteiger partial charge in [-0.3, -0.25) is 14.2 Å². The highest BCUT2D eigenvalue weighted by atomic mass is 35.5. The van der Waals surface area contributed by atoms with Gasteiger partial charge in [-0.05, 0) is 66.4 Å². The molecule has 4 aromatic rings. The number of aromatic nitrogens is 3. The van der Waals surface area contributed by atoms with E-state index in [1.165, 1.54) is 23.1 Å². The first-order valence-electron chi connectivity index (χ1n) is 10.5. The predicted octanol–water partition coefficient (Wildman–Crippen LogP) is 4.96. The molecule has 2 N–H and O–H groups in total. The average molecular weight is 528 g/mol. The van der Waals surface area contributed by atoms with Crippen molar-refractivity contribution in [1.29, 1.82) is 0 Å². The van der Waals surface area contributed by atoms with Crippen LogP contribution in [0.2, 0.25) is 5.02 Å². The first-order valence-corrected chi connectivity index (χ1v) is 12.8. The number of halogens is 1. The van der Waals surface area contributed by atoms with E-state index < -0.39 is 0 Å². The van der Waals surface area contributed by atoms with Crippen LogP contribution in [0.25, 0.3) is 5.69 Å². The molecule has 0 bridgehead atoms. The van der Waals surface area contributed by atoms with Crippen LogP contribution in [0.4, 0.5) is 5.00 Å². The van der Waals surface area contributed by atoms with Crippen molar-refractivity contribution in [2.45, 2.75) is 18.6 Å². The molecule has 8 nitrogen and oxygen atoms in total. The van der Waals surface area contributed by atoms with E-state index in [9.17, 15) is 9.59 Å². The van der Waals surface area contributed by atoms with Gasteiger partial charge in [-0.15, -0.1) is 21.5 Å². The lowest BCUT2D eigenvalue weighted by Crippen LogP contribution is -2.24. The van der Waals surface area contributed by atoms with E-state index in [0.717, 1.165) is 16.3 Å². The number of methoxy groups -OCH3 is 1. The van der Waals surface area contributed by atoms with Crippen LogP contribution in [0.5, 0.6) is 5.75 Å². The molecule has 0 aliphatic heterocycles. The summed E-state index contributed by atoms with van der Waals surface area (Å²) in [4.78, 5) is 25.1. The van der Waals surface area contributed by atoms with E-state index in [1.54, 1.807) is 37.4 Å². The van der Waals surface area contributed by atoms with Gasteiger partial charge in [-0.2, -0.15) is 0 Å². The van der Waals surface area contributed by atoms with Crippen molar-refractivity contribution in [3.8, 4) is 11.4 Å². The molecule has 0 saturated carbocycles. The molecule has 180 valence electrons. The van der Waals surface area contributed by atoms with Crippen LogP contribution in [0, 0.1) is 6.92 Å². The number of nitrogens with zero attached hydrogens (tertiary/aromatic N) is 3. The molecule has 0 aliphatic carbocycles. The Morgan fingerprint density at radius 3 is 2.63 bits per heavy atom. The normalized spacial score (nSPS) is 10.7. The van der Waals surface area contributed by atoms with Gasteiger partial charge in [-0.25, -0.2) is 0 Å². The summed E-state index contributed by atoms with van der Waals surface area (Å²) >= 11 is 9.08. The average Bonchev–Trinajstić information content (AvgIpc) is 3.53. The second-order valence-electron chi connectivity index (χ2n) is 7.34. The molecule has 4 rings (SSSR count). The topological polar surface area (TPSA) is 98.1 Å². The predicted molar refractivity (Wildman–Crippen MR) is 139 cm³/mol. The summed E-state index contributed by atoms with van der Waals surface area (Å²) in [5.74, 6) is 0.924. The summed E-state index contributed by atoms with van der Waals surface area (Å²) in [5, 5.41) is 18.1. The smallest absolute Gasteiger partial charge is 0.251 e. The molecule has 0 saturated heterocycles. The number of hydrogen-bond donors (Lipinski definition) is 2. The van der Waals surface area contributed by atoms with E-state index in [2.05, 4.69) is 20.8 Å². The highest BCUT2D eigenvalue weighted by Crippen LogP contribution is 2.28. The monoisotopic (exact) mass is 527 g/mol. The van der Waals surface area contributed by atoms with Gasteiger partial charge in [0.2, 0.25) is 5.91 Å². The van der Waals surface area contributed by atoms with Crippen LogP contribution in [-0.2, 0) is 11.3 Å². The highest BCUT2D eigenvalue weighted by Gasteiger charge is 2.19. The summed E-state index contributed by atoms with van der Waals surface area (Å²) in [5.41, 5.74) is 2.11. The molecule has 2 heterocycles. The standard InChI is InChI=1S/C24H22ClN5O3S2/c1-15-18(25)5-3-6-19(15)30-20(13-26-23(32)16-8-10-17(33-2)11-9-16)28-29-24(30)35-14-21(31)27-22-7-4-12-34-22/h3-12H,13-14H2,1-2H3,(H,26,32)(H,27,31). The van der Waals surface area contributed by atoms with Crippen LogP contribution in [-0.4, -0.2) is 39.4 Å². The van der Waals surface area contributed by atoms with Gasteiger partial charge < -0.3 is 15.4 Å². The van der Waals surface area contributed by atoms with Crippen LogP contribution in [0.3, 0.4) is 0 Å². The summed E-state index contributed by atoms with van der Waals surface area (Å²) in [7, 11) is 1.57. The molecule has 0 spiro atoms. The second kappa shape index (κ2) is 11.4. The lowest BCUT2D eigenvalue weighted by Gasteiger charge is -2.14. The zero-order chi connectivity index (χ0) is 24.8. The van der Waals surface area contributed by atoms with Crippen LogP contribution < -0.4 is 15.4 Å². The molecule has 0 fully saturated rings. The van der Waals surface area contributed by atoms with Crippen molar-refractivity contribution in [2.75, 3.05) is 18.2 Å². The number of hydrogen-bond acceptors (Lipinski definition) is 7. The van der Waals surface area contributed by atoms with Gasteiger partial charge >= 0.3 is 0 Å². The van der Waals surface area contributed by atoms with Crippen molar-refractivity contribution in [1.82, 2.24) is 20.1 Å². The van der Waals surface area contributed by atoms with Crippen molar-refractivity contribution in [2.24, 2.45) is 0 Å². The summed E-state index contributed by atoms with van der Waals surface area (Å²) in [6.07, 6.45) is 0. The fourth-order valence-corrected chi connectivity index (χ4v) is 4.81. The summed E-state index contributed by atoms with van der Waals surface area (Å²) in [6, 6.07) is 16.1. The van der Waals surface area contributed by atoms with Crippen LogP contribution in [0.1, 0.15) is 21.7 Å². The Bertz CT molecular complexity index is 1320. The van der Waals surface area contributed by atoms with Crippen LogP contribution in [0.15, 0.2) is 65.1 Å². The lowest BCUT2D eigenvalue weighted by molar-refractivity contribution is -0.113. The fraction of sp³-hybridized carbons (Fsp3) is 0.167. The third-order valence-corrected chi connectivity index (χ3v) is 7.18. The van der Waals surface area contributed by atoms with Crippen molar-refractivity contribution in [3.63, 3.8) is 0 Å². The Labute approximate surface area is 215 Å². The first-order chi connectivity index (χ1) is 17.0. The Morgan fingerprint density at radius 1 is 1.11 bits per heavy atom. The molecule has 0 aliphatic rings. The molecule has 0 atom stereocenters. The Hall–Kier alpha value is -3.34. The van der Waals surface area contributed by atoms with Crippen molar-refractivity contribution < 1.29 is 14.3 Å². The first kappa shape index (κ1) is 24.8. The maximum absolute atomic E-state index is 12.7. The number of anilines is 1. The third-order valence-electron chi connectivity index (χ3n) is 5.06. The van der Waals surface area contributed by atoms with Gasteiger partial charge in [0.1, 0.15) is 5.75 Å². The minimum absolute atomic E-state index is 0.131. The number of thioether (sulfide) groups is 1. The maximum Gasteiger partial charge on any atom is 0.251 e. The fourth-order valence-electron chi connectivity index (χ4n) is 3.25. The summed E-state index contributed by atoms with van der Waals surface area (Å²) in [6.45, 7) is 2.03. The SMILES string of the molecule is COc1ccc(C(=O)NCc2nnc(SCC(=O)Nc3cccs3)n2-c2cccc(Cl)c2C)cc1. The van der Waals surface area contributed by atoms with Crippen molar-refractivity contribution >= 4 is 51.5 Å². The van der Waals surface area contributed by atoms with Gasteiger partial charge in [0.05, 0.1) is 30.1 Å². The minimum atomic E-state index is -0.255. The number of carbonyl (C=O) groups excluding carboxylic acids is 2. The van der Waals surface area contributed by atoms with Crippen molar-refractivity contribution in [3.05, 3.63) is 82.0 Å². The number of ether oxygens (including phenoxy) is 1. The highest BCUT2D eigenvalue weighted by molar-refractivity contribution is 7.99. The molecule has 2 aromatic carbocycles. The number of carbonyl (C=O) groups is 2. The number of nitrogens with one attached hydrogen (secondary N) is 2. The second-order valence-corrected chi connectivity index (χ2v) is 9.64. The molecule has 0 unspecified atom stereocenters. The lowest BCUT2D eigenvalue weighted by atomic mass is 10.2. The zero-order valence-corrected chi connectivity index (χ0v) is 21.3. The van der Waals surface area contributed by atoms with E-state index in [0.29, 0.717) is 27.3 Å². The molecular formula is C24H22ClN5O3S2. The Balaban J connectivity index is 1.54. The zero-order valence-electron chi connectivity index (χ0n) is 18.9. The largest absolute Gasteiger partial charge is 0.497 e. The van der Waals surface area contributed by atoms with Crippen LogP contribution >= 0.6 is 34.7 Å². The van der Waals surface area contributed by atoms with E-state index in [4.69, 9.17) is 16.3 Å². The molecule has 11 heteroatoms. The van der Waals surface area contributed by atoms with E-state index in [-0.39, 0.29) is 24.1 Å². The number of rotatable bonds is 9. The van der Waals surface area contributed by atoms with E-state index >= 15 is 0 Å². The Kier molecular flexibility index (Phi) is 8.06. The molecule has 2 aromatic heterocycles.